The van der Waals surface area contributed by atoms with Gasteiger partial charge >= 0.3 is 0 Å². The van der Waals surface area contributed by atoms with Crippen molar-refractivity contribution in [2.45, 2.75) is 0 Å². The zero-order valence-electron chi connectivity index (χ0n) is 5.99. The molecule has 0 radical (unpaired) electrons. The summed E-state index contributed by atoms with van der Waals surface area (Å²) >= 11 is 0. The molecule has 0 aromatic carbocycles. The molecule has 2 nitrogen and oxygen atoms in total. The summed E-state index contributed by atoms with van der Waals surface area (Å²) in [6.07, 6.45) is 8.33. The van der Waals surface area contributed by atoms with Gasteiger partial charge in [-0.05, 0) is 10.8 Å². The van der Waals surface area contributed by atoms with Crippen LogP contribution in [0.5, 0.6) is 0 Å². The Hall–Kier alpha value is -0.280. The molecule has 11 heavy (non-hydrogen) atoms. The monoisotopic (exact) mass is 185 g/mol. The molecule has 0 bridgehead atoms. The van der Waals surface area contributed by atoms with E-state index in [-0.39, 0.29) is 0 Å². The molecule has 58 valence electrons. The second kappa shape index (κ2) is 5.38. The molecule has 0 aromatic heterocycles. The van der Waals surface area contributed by atoms with Gasteiger partial charge in [0.25, 0.3) is 0 Å². The van der Waals surface area contributed by atoms with Gasteiger partial charge in [0.15, 0.2) is 17.3 Å². The molecule has 1 heterocycles. The van der Waals surface area contributed by atoms with Crippen molar-refractivity contribution < 1.29 is 0 Å². The van der Waals surface area contributed by atoms with Crippen LogP contribution in [0, 0.1) is 6.08 Å². The molecule has 4 heteroatoms. The molecule has 1 rings (SSSR count). The van der Waals surface area contributed by atoms with Crippen LogP contribution < -0.4 is 5.73 Å². The largest absolute Gasteiger partial charge is 0.330 e. The van der Waals surface area contributed by atoms with E-state index in [0.29, 0.717) is 0 Å². The molecule has 0 atom stereocenters. The lowest BCUT2D eigenvalue weighted by Gasteiger charge is -1.94. The van der Waals surface area contributed by atoms with Gasteiger partial charge in [-0.2, -0.15) is 4.99 Å². The molecular formula is C7H9N2S2+. The number of hydrogen-bond acceptors (Lipinski definition) is 4. The highest BCUT2D eigenvalue weighted by Crippen LogP contribution is 2.23. The zero-order chi connectivity index (χ0) is 7.94. The highest BCUT2D eigenvalue weighted by molar-refractivity contribution is 8.82. The Labute approximate surface area is 74.4 Å². The normalized spacial score (nSPS) is 14.5. The van der Waals surface area contributed by atoms with E-state index in [1.54, 1.807) is 27.8 Å². The Balaban J connectivity index is 2.21. The molecule has 0 amide bonds. The standard InChI is InChI=1S/C7H9N2S2/c8-4-6-10-11-7-3-1-2-5-9-7/h1,3,5H,4,6,8H2/q+1. The molecule has 0 saturated carbocycles. The topological polar surface area (TPSA) is 38.4 Å². The molecule has 1 aliphatic heterocycles. The van der Waals surface area contributed by atoms with Crippen LogP contribution in [-0.4, -0.2) is 17.3 Å². The predicted octanol–water partition coefficient (Wildman–Crippen LogP) is 1.61. The molecule has 0 fully saturated rings. The first-order valence-corrected chi connectivity index (χ1v) is 5.57. The predicted molar refractivity (Wildman–Crippen MR) is 53.5 cm³/mol. The van der Waals surface area contributed by atoms with Gasteiger partial charge in [-0.3, -0.25) is 0 Å². The molecular weight excluding hydrogens is 176 g/mol. The first kappa shape index (κ1) is 8.81. The van der Waals surface area contributed by atoms with Gasteiger partial charge in [0, 0.05) is 12.3 Å². The summed E-state index contributed by atoms with van der Waals surface area (Å²) in [7, 11) is 3.37. The summed E-state index contributed by atoms with van der Waals surface area (Å²) in [6.45, 7) is 0.719. The lowest BCUT2D eigenvalue weighted by atomic mass is 10.4. The summed E-state index contributed by atoms with van der Waals surface area (Å²) in [5.41, 5.74) is 5.33. The number of aliphatic imine (C=N–C) groups is 1. The van der Waals surface area contributed by atoms with E-state index in [1.807, 2.05) is 12.2 Å². The molecule has 2 N–H and O–H groups in total. The maximum absolute atomic E-state index is 5.33. The van der Waals surface area contributed by atoms with Crippen LogP contribution in [0.15, 0.2) is 23.3 Å². The Morgan fingerprint density at radius 2 is 2.55 bits per heavy atom. The van der Waals surface area contributed by atoms with E-state index in [2.05, 4.69) is 11.1 Å². The van der Waals surface area contributed by atoms with Gasteiger partial charge in [-0.15, -0.1) is 0 Å². The first-order valence-electron chi connectivity index (χ1n) is 3.25. The number of hydrogen-bond donors (Lipinski definition) is 1. The fraction of sp³-hybridized carbons (Fsp3) is 0.286. The van der Waals surface area contributed by atoms with E-state index in [1.165, 1.54) is 0 Å². The smallest absolute Gasteiger partial charge is 0.193 e. The summed E-state index contributed by atoms with van der Waals surface area (Å²) in [6, 6.07) is 0. The quantitative estimate of drug-likeness (QED) is 0.412. The summed E-state index contributed by atoms with van der Waals surface area (Å²) in [5.74, 6) is 0.963. The van der Waals surface area contributed by atoms with Crippen LogP contribution in [0.1, 0.15) is 0 Å². The first-order chi connectivity index (χ1) is 5.43. The van der Waals surface area contributed by atoms with Gasteiger partial charge in [0.1, 0.15) is 12.2 Å². The lowest BCUT2D eigenvalue weighted by molar-refractivity contribution is 1.16. The molecule has 0 aromatic rings. The molecule has 1 aliphatic rings. The zero-order valence-corrected chi connectivity index (χ0v) is 7.62. The van der Waals surface area contributed by atoms with Crippen LogP contribution >= 0.6 is 21.6 Å². The second-order valence-corrected chi connectivity index (χ2v) is 4.23. The number of nitrogens with zero attached hydrogens (tertiary/aromatic N) is 1. The van der Waals surface area contributed by atoms with Crippen LogP contribution in [-0.2, 0) is 0 Å². The van der Waals surface area contributed by atoms with E-state index in [9.17, 15) is 0 Å². The Morgan fingerprint density at radius 1 is 1.64 bits per heavy atom. The summed E-state index contributed by atoms with van der Waals surface area (Å²) in [4.78, 5) is 4.10. The minimum Gasteiger partial charge on any atom is -0.330 e. The summed E-state index contributed by atoms with van der Waals surface area (Å²) < 4.78 is 0. The summed E-state index contributed by atoms with van der Waals surface area (Å²) in [5, 5.41) is 1.02. The van der Waals surface area contributed by atoms with Gasteiger partial charge in [0.2, 0.25) is 0 Å². The third-order valence-corrected chi connectivity index (χ3v) is 3.23. The maximum Gasteiger partial charge on any atom is 0.193 e. The van der Waals surface area contributed by atoms with Crippen molar-refractivity contribution in [3.8, 4) is 0 Å². The van der Waals surface area contributed by atoms with Gasteiger partial charge < -0.3 is 5.73 Å². The van der Waals surface area contributed by atoms with Crippen LogP contribution in [0.3, 0.4) is 0 Å². The van der Waals surface area contributed by atoms with E-state index >= 15 is 0 Å². The van der Waals surface area contributed by atoms with Crippen molar-refractivity contribution in [2.75, 3.05) is 12.3 Å². The maximum atomic E-state index is 5.33. The third-order valence-electron chi connectivity index (χ3n) is 0.934. The fourth-order valence-electron chi connectivity index (χ4n) is 0.506. The second-order valence-electron chi connectivity index (χ2n) is 1.79. The van der Waals surface area contributed by atoms with Crippen LogP contribution in [0.2, 0.25) is 0 Å². The number of nitrogens with two attached hydrogens (primary N) is 1. The van der Waals surface area contributed by atoms with Crippen LogP contribution in [0.25, 0.3) is 0 Å². The van der Waals surface area contributed by atoms with Crippen molar-refractivity contribution in [2.24, 2.45) is 10.7 Å². The molecule has 0 spiro atoms. The van der Waals surface area contributed by atoms with Crippen molar-refractivity contribution in [1.82, 2.24) is 0 Å². The van der Waals surface area contributed by atoms with Crippen molar-refractivity contribution >= 4 is 26.6 Å². The highest BCUT2D eigenvalue weighted by atomic mass is 33.1. The number of rotatable bonds is 3. The Kier molecular flexibility index (Phi) is 4.31. The van der Waals surface area contributed by atoms with Crippen LogP contribution in [0.4, 0.5) is 0 Å². The van der Waals surface area contributed by atoms with Crippen molar-refractivity contribution in [1.29, 1.82) is 0 Å². The van der Waals surface area contributed by atoms with Gasteiger partial charge in [0.05, 0.1) is 0 Å². The van der Waals surface area contributed by atoms with E-state index < -0.39 is 0 Å². The molecule has 0 unspecified atom stereocenters. The fourth-order valence-corrected chi connectivity index (χ4v) is 2.22. The van der Waals surface area contributed by atoms with E-state index in [0.717, 1.165) is 17.3 Å². The number of allylic oxidation sites excluding steroid dienone is 2. The Morgan fingerprint density at radius 3 is 3.18 bits per heavy atom. The van der Waals surface area contributed by atoms with Gasteiger partial charge in [-0.1, -0.05) is 10.8 Å². The third kappa shape index (κ3) is 3.58. The average molecular weight is 185 g/mol. The van der Waals surface area contributed by atoms with Gasteiger partial charge in [-0.25, -0.2) is 0 Å². The minimum absolute atomic E-state index is 0.719. The Bertz CT molecular complexity index is 197. The highest BCUT2D eigenvalue weighted by Gasteiger charge is 2.03. The van der Waals surface area contributed by atoms with Crippen molar-refractivity contribution in [3.05, 3.63) is 24.4 Å². The van der Waals surface area contributed by atoms with E-state index in [4.69, 9.17) is 5.73 Å². The SMILES string of the molecule is NCCSSC1=NC=[C+]C=C1. The molecule has 0 saturated heterocycles. The minimum atomic E-state index is 0.719. The molecule has 0 aliphatic carbocycles. The van der Waals surface area contributed by atoms with Crippen molar-refractivity contribution in [3.63, 3.8) is 0 Å². The lowest BCUT2D eigenvalue weighted by Crippen LogP contribution is -2.00. The average Bonchev–Trinajstić information content (AvgIpc) is 2.07.